The molecule has 14 heavy (non-hydrogen) atoms. The molecule has 2 nitrogen and oxygen atoms in total. The monoisotopic (exact) mass is 190 g/mol. The summed E-state index contributed by atoms with van der Waals surface area (Å²) in [5.74, 6) is -1.02. The van der Waals surface area contributed by atoms with Crippen LogP contribution in [0, 0.1) is 6.92 Å². The molecule has 0 unspecified atom stereocenters. The van der Waals surface area contributed by atoms with Crippen LogP contribution in [0.25, 0.3) is 0 Å². The Morgan fingerprint density at radius 2 is 1.86 bits per heavy atom. The van der Waals surface area contributed by atoms with Crippen LogP contribution in [0.15, 0.2) is 55.1 Å². The zero-order valence-corrected chi connectivity index (χ0v) is 8.23. The number of benzene rings is 1. The summed E-state index contributed by atoms with van der Waals surface area (Å²) in [4.78, 5) is 9.76. The standard InChI is InChI=1S/C7H8.C5H6O2/c1-7-5-3-2-4-6-7;1-3-4(2)5(6)7/h2-6H,1H3;3H,1-2H2,(H,6,7). The number of hydrogen-bond donors (Lipinski definition) is 1. The molecule has 0 spiro atoms. The van der Waals surface area contributed by atoms with Gasteiger partial charge in [-0.05, 0) is 6.92 Å². The fraction of sp³-hybridized carbons (Fsp3) is 0.0833. The van der Waals surface area contributed by atoms with Crippen molar-refractivity contribution in [2.45, 2.75) is 6.92 Å². The van der Waals surface area contributed by atoms with Crippen molar-refractivity contribution in [1.82, 2.24) is 0 Å². The maximum atomic E-state index is 9.76. The Kier molecular flexibility index (Phi) is 5.79. The topological polar surface area (TPSA) is 37.3 Å². The van der Waals surface area contributed by atoms with E-state index < -0.39 is 5.97 Å². The first-order valence-corrected chi connectivity index (χ1v) is 4.14. The third-order valence-electron chi connectivity index (χ3n) is 1.46. The van der Waals surface area contributed by atoms with Gasteiger partial charge in [-0.2, -0.15) is 0 Å². The van der Waals surface area contributed by atoms with Crippen LogP contribution in [0.1, 0.15) is 5.56 Å². The van der Waals surface area contributed by atoms with Gasteiger partial charge in [0, 0.05) is 0 Å². The first kappa shape index (κ1) is 12.2. The Bertz CT molecular complexity index is 312. The number of aliphatic carboxylic acids is 1. The van der Waals surface area contributed by atoms with E-state index in [0.717, 1.165) is 0 Å². The normalized spacial score (nSPS) is 8.07. The van der Waals surface area contributed by atoms with Crippen molar-refractivity contribution in [1.29, 1.82) is 0 Å². The maximum absolute atomic E-state index is 9.76. The Hall–Kier alpha value is -1.83. The number of hydrogen-bond acceptors (Lipinski definition) is 1. The third-order valence-corrected chi connectivity index (χ3v) is 1.46. The summed E-state index contributed by atoms with van der Waals surface area (Å²) in [6, 6.07) is 10.3. The quantitative estimate of drug-likeness (QED) is 0.575. The molecule has 0 amide bonds. The van der Waals surface area contributed by atoms with Gasteiger partial charge in [-0.15, -0.1) is 0 Å². The predicted octanol–water partition coefficient (Wildman–Crippen LogP) is 2.81. The van der Waals surface area contributed by atoms with Crippen molar-refractivity contribution in [2.24, 2.45) is 0 Å². The lowest BCUT2D eigenvalue weighted by atomic mass is 10.2. The van der Waals surface area contributed by atoms with E-state index in [1.807, 2.05) is 18.2 Å². The van der Waals surface area contributed by atoms with Crippen LogP contribution in [0.3, 0.4) is 0 Å². The molecular formula is C12H14O2. The zero-order chi connectivity index (χ0) is 11.0. The van der Waals surface area contributed by atoms with E-state index >= 15 is 0 Å². The van der Waals surface area contributed by atoms with Crippen molar-refractivity contribution in [3.63, 3.8) is 0 Å². The maximum Gasteiger partial charge on any atom is 0.335 e. The molecule has 0 radical (unpaired) electrons. The van der Waals surface area contributed by atoms with Crippen molar-refractivity contribution in [3.05, 3.63) is 60.7 Å². The molecule has 0 fully saturated rings. The van der Waals surface area contributed by atoms with E-state index in [0.29, 0.717) is 0 Å². The van der Waals surface area contributed by atoms with Crippen LogP contribution in [-0.2, 0) is 4.79 Å². The van der Waals surface area contributed by atoms with Crippen LogP contribution in [0.5, 0.6) is 0 Å². The smallest absolute Gasteiger partial charge is 0.335 e. The molecule has 0 aromatic heterocycles. The summed E-state index contributed by atoms with van der Waals surface area (Å²) < 4.78 is 0. The largest absolute Gasteiger partial charge is 0.478 e. The average molecular weight is 190 g/mol. The number of carboxylic acid groups (broad SMARTS) is 1. The van der Waals surface area contributed by atoms with Crippen molar-refractivity contribution < 1.29 is 9.90 Å². The molecule has 1 rings (SSSR count). The number of carboxylic acids is 1. The van der Waals surface area contributed by atoms with Crippen LogP contribution < -0.4 is 0 Å². The fourth-order valence-electron chi connectivity index (χ4n) is 0.622. The molecule has 0 atom stereocenters. The van der Waals surface area contributed by atoms with E-state index in [2.05, 4.69) is 32.2 Å². The minimum atomic E-state index is -1.02. The first-order chi connectivity index (χ1) is 6.57. The van der Waals surface area contributed by atoms with Crippen LogP contribution >= 0.6 is 0 Å². The van der Waals surface area contributed by atoms with E-state index in [9.17, 15) is 4.79 Å². The lowest BCUT2D eigenvalue weighted by Crippen LogP contribution is -1.93. The Morgan fingerprint density at radius 3 is 2.00 bits per heavy atom. The number of carbonyl (C=O) groups is 1. The first-order valence-electron chi connectivity index (χ1n) is 4.14. The van der Waals surface area contributed by atoms with Crippen molar-refractivity contribution in [2.75, 3.05) is 0 Å². The predicted molar refractivity (Wildman–Crippen MR) is 58.2 cm³/mol. The minimum Gasteiger partial charge on any atom is -0.478 e. The van der Waals surface area contributed by atoms with E-state index in [1.54, 1.807) is 0 Å². The molecule has 0 heterocycles. The van der Waals surface area contributed by atoms with Gasteiger partial charge in [0.1, 0.15) is 0 Å². The van der Waals surface area contributed by atoms with Gasteiger partial charge in [-0.1, -0.05) is 55.1 Å². The van der Waals surface area contributed by atoms with Gasteiger partial charge in [-0.25, -0.2) is 4.79 Å². The van der Waals surface area contributed by atoms with Crippen molar-refractivity contribution >= 4 is 5.97 Å². The lowest BCUT2D eigenvalue weighted by molar-refractivity contribution is -0.132. The van der Waals surface area contributed by atoms with Crippen LogP contribution in [0.2, 0.25) is 0 Å². The van der Waals surface area contributed by atoms with Gasteiger partial charge < -0.3 is 5.11 Å². The highest BCUT2D eigenvalue weighted by atomic mass is 16.4. The third kappa shape index (κ3) is 5.77. The summed E-state index contributed by atoms with van der Waals surface area (Å²) in [7, 11) is 0. The number of rotatable bonds is 2. The fourth-order valence-corrected chi connectivity index (χ4v) is 0.622. The molecule has 0 aliphatic carbocycles. The molecule has 0 aliphatic rings. The van der Waals surface area contributed by atoms with E-state index in [-0.39, 0.29) is 5.57 Å². The summed E-state index contributed by atoms with van der Waals surface area (Å²) >= 11 is 0. The second-order valence-electron chi connectivity index (χ2n) is 2.69. The van der Waals surface area contributed by atoms with Gasteiger partial charge in [0.25, 0.3) is 0 Å². The molecule has 2 heteroatoms. The van der Waals surface area contributed by atoms with Gasteiger partial charge in [0.05, 0.1) is 5.57 Å². The van der Waals surface area contributed by atoms with Gasteiger partial charge in [0.15, 0.2) is 0 Å². The summed E-state index contributed by atoms with van der Waals surface area (Å²) in [5.41, 5.74) is 1.35. The molecule has 1 aromatic rings. The second kappa shape index (κ2) is 6.66. The zero-order valence-electron chi connectivity index (χ0n) is 8.23. The van der Waals surface area contributed by atoms with Crippen molar-refractivity contribution in [3.8, 4) is 0 Å². The van der Waals surface area contributed by atoms with E-state index in [1.165, 1.54) is 11.6 Å². The summed E-state index contributed by atoms with van der Waals surface area (Å²) in [6.45, 7) is 8.44. The molecular weight excluding hydrogens is 176 g/mol. The van der Waals surface area contributed by atoms with E-state index in [4.69, 9.17) is 5.11 Å². The van der Waals surface area contributed by atoms with Gasteiger partial charge in [-0.3, -0.25) is 0 Å². The molecule has 1 aromatic carbocycles. The average Bonchev–Trinajstić information content (AvgIpc) is 2.18. The summed E-state index contributed by atoms with van der Waals surface area (Å²) in [5, 5.41) is 8.01. The minimum absolute atomic E-state index is 0.0278. The highest BCUT2D eigenvalue weighted by Gasteiger charge is 1.93. The molecule has 74 valence electrons. The van der Waals surface area contributed by atoms with Crippen LogP contribution in [0.4, 0.5) is 0 Å². The molecule has 0 aliphatic heterocycles. The Labute approximate surface area is 84.2 Å². The Morgan fingerprint density at radius 1 is 1.36 bits per heavy atom. The highest BCUT2D eigenvalue weighted by Crippen LogP contribution is 1.92. The van der Waals surface area contributed by atoms with Gasteiger partial charge >= 0.3 is 5.97 Å². The molecule has 1 N–H and O–H groups in total. The SMILES string of the molecule is C=CC(=C)C(=O)O.Cc1ccccc1. The molecule has 0 saturated heterocycles. The molecule has 0 saturated carbocycles. The van der Waals surface area contributed by atoms with Gasteiger partial charge in [0.2, 0.25) is 0 Å². The lowest BCUT2D eigenvalue weighted by Gasteiger charge is -1.82. The summed E-state index contributed by atoms with van der Waals surface area (Å²) in [6.07, 6.45) is 1.20. The number of aryl methyl sites for hydroxylation is 1. The molecule has 0 bridgehead atoms. The second-order valence-corrected chi connectivity index (χ2v) is 2.69. The highest BCUT2D eigenvalue weighted by molar-refractivity contribution is 5.88. The van der Waals surface area contributed by atoms with Crippen LogP contribution in [-0.4, -0.2) is 11.1 Å². The Balaban J connectivity index is 0.000000241.